The van der Waals surface area contributed by atoms with Gasteiger partial charge >= 0.3 is 0 Å². The quantitative estimate of drug-likeness (QED) is 0.402. The van der Waals surface area contributed by atoms with Gasteiger partial charge < -0.3 is 4.90 Å². The minimum absolute atomic E-state index is 0.00407. The Kier molecular flexibility index (Phi) is 5.81. The van der Waals surface area contributed by atoms with Crippen LogP contribution in [0.3, 0.4) is 0 Å². The molecule has 1 heterocycles. The van der Waals surface area contributed by atoms with Crippen molar-refractivity contribution >= 4 is 56.2 Å². The summed E-state index contributed by atoms with van der Waals surface area (Å²) in [6.45, 7) is 0.364. The van der Waals surface area contributed by atoms with Crippen LogP contribution in [0.2, 0.25) is 10.0 Å². The highest BCUT2D eigenvalue weighted by Gasteiger charge is 2.28. The van der Waals surface area contributed by atoms with Crippen molar-refractivity contribution in [2.45, 2.75) is 11.3 Å². The highest BCUT2D eigenvalue weighted by Crippen LogP contribution is 2.33. The Balaban J connectivity index is 1.62. The van der Waals surface area contributed by atoms with Crippen LogP contribution in [0.5, 0.6) is 0 Å². The molecule has 0 atom stereocenters. The molecular formula is C21H15Cl2N3O5S. The van der Waals surface area contributed by atoms with Gasteiger partial charge in [-0.05, 0) is 48.4 Å². The zero-order valence-corrected chi connectivity index (χ0v) is 18.6. The molecule has 32 heavy (non-hydrogen) atoms. The van der Waals surface area contributed by atoms with Gasteiger partial charge in [0.1, 0.15) is 4.90 Å². The number of nitro benzene ring substituents is 1. The molecule has 0 unspecified atom stereocenters. The van der Waals surface area contributed by atoms with E-state index in [1.54, 1.807) is 12.1 Å². The third kappa shape index (κ3) is 4.27. The summed E-state index contributed by atoms with van der Waals surface area (Å²) in [7, 11) is -4.06. The normalized spacial score (nSPS) is 13.0. The summed E-state index contributed by atoms with van der Waals surface area (Å²) in [5.74, 6) is -0.397. The molecule has 0 saturated heterocycles. The van der Waals surface area contributed by atoms with Crippen LogP contribution in [-0.4, -0.2) is 25.8 Å². The number of rotatable bonds is 5. The third-order valence-electron chi connectivity index (χ3n) is 4.96. The van der Waals surface area contributed by atoms with Crippen LogP contribution >= 0.6 is 23.2 Å². The number of anilines is 2. The van der Waals surface area contributed by atoms with E-state index >= 15 is 0 Å². The van der Waals surface area contributed by atoms with Crippen molar-refractivity contribution in [1.82, 2.24) is 0 Å². The van der Waals surface area contributed by atoms with Gasteiger partial charge in [0.05, 0.1) is 15.6 Å². The first-order chi connectivity index (χ1) is 15.2. The van der Waals surface area contributed by atoms with Gasteiger partial charge in [0.15, 0.2) is 0 Å². The standard InChI is InChI=1S/C21H15Cl2N3O5S/c22-15-5-7-18(23)20(11-15)32(30,31)24-16-3-1-2-14(10-16)21(27)25-9-8-13-4-6-17(26(28)29)12-19(13)25/h1-7,10-12,24H,8-9H2. The number of benzene rings is 3. The van der Waals surface area contributed by atoms with Gasteiger partial charge in [-0.1, -0.05) is 35.3 Å². The molecule has 0 radical (unpaired) electrons. The molecule has 8 nitrogen and oxygen atoms in total. The molecular weight excluding hydrogens is 477 g/mol. The predicted molar refractivity (Wildman–Crippen MR) is 122 cm³/mol. The highest BCUT2D eigenvalue weighted by atomic mass is 35.5. The van der Waals surface area contributed by atoms with Crippen molar-refractivity contribution < 1.29 is 18.1 Å². The lowest BCUT2D eigenvalue weighted by Crippen LogP contribution is -2.29. The lowest BCUT2D eigenvalue weighted by atomic mass is 10.1. The third-order valence-corrected chi connectivity index (χ3v) is 7.06. The van der Waals surface area contributed by atoms with E-state index in [9.17, 15) is 23.3 Å². The van der Waals surface area contributed by atoms with Crippen molar-refractivity contribution in [2.24, 2.45) is 0 Å². The smallest absolute Gasteiger partial charge is 0.271 e. The molecule has 0 saturated carbocycles. The monoisotopic (exact) mass is 491 g/mol. The maximum atomic E-state index is 13.1. The number of nitrogens with one attached hydrogen (secondary N) is 1. The average molecular weight is 492 g/mol. The molecule has 1 N–H and O–H groups in total. The summed E-state index contributed by atoms with van der Waals surface area (Å²) in [5, 5.41) is 11.3. The fourth-order valence-corrected chi connectivity index (χ4v) is 5.27. The largest absolute Gasteiger partial charge is 0.307 e. The topological polar surface area (TPSA) is 110 Å². The lowest BCUT2D eigenvalue weighted by molar-refractivity contribution is -0.384. The number of nitrogens with zero attached hydrogens (tertiary/aromatic N) is 2. The van der Waals surface area contributed by atoms with Crippen molar-refractivity contribution in [3.05, 3.63) is 92.0 Å². The molecule has 1 amide bonds. The first-order valence-corrected chi connectivity index (χ1v) is 11.6. The summed E-state index contributed by atoms with van der Waals surface area (Å²) in [4.78, 5) is 25.0. The minimum Gasteiger partial charge on any atom is -0.307 e. The van der Waals surface area contributed by atoms with E-state index in [1.165, 1.54) is 53.4 Å². The molecule has 0 aromatic heterocycles. The first-order valence-electron chi connectivity index (χ1n) is 9.33. The van der Waals surface area contributed by atoms with E-state index in [-0.39, 0.29) is 31.9 Å². The molecule has 164 valence electrons. The van der Waals surface area contributed by atoms with Gasteiger partial charge in [-0.2, -0.15) is 0 Å². The van der Waals surface area contributed by atoms with Gasteiger partial charge in [-0.15, -0.1) is 0 Å². The van der Waals surface area contributed by atoms with E-state index in [0.717, 1.165) is 5.56 Å². The van der Waals surface area contributed by atoms with E-state index in [2.05, 4.69) is 4.72 Å². The lowest BCUT2D eigenvalue weighted by Gasteiger charge is -2.18. The van der Waals surface area contributed by atoms with Gasteiger partial charge in [0, 0.05) is 35.0 Å². The Hall–Kier alpha value is -3.14. The Morgan fingerprint density at radius 2 is 1.84 bits per heavy atom. The number of hydrogen-bond donors (Lipinski definition) is 1. The summed E-state index contributed by atoms with van der Waals surface area (Å²) < 4.78 is 27.9. The van der Waals surface area contributed by atoms with Gasteiger partial charge in [0.25, 0.3) is 21.6 Å². The molecule has 11 heteroatoms. The van der Waals surface area contributed by atoms with Crippen molar-refractivity contribution in [3.8, 4) is 0 Å². The number of carbonyl (C=O) groups is 1. The second kappa shape index (κ2) is 8.42. The molecule has 4 rings (SSSR count). The molecule has 0 aliphatic carbocycles. The van der Waals surface area contributed by atoms with Crippen LogP contribution in [-0.2, 0) is 16.4 Å². The van der Waals surface area contributed by atoms with Crippen LogP contribution < -0.4 is 9.62 Å². The summed E-state index contributed by atoms with van der Waals surface area (Å²) in [6.07, 6.45) is 0.568. The zero-order chi connectivity index (χ0) is 23.0. The summed E-state index contributed by atoms with van der Waals surface area (Å²) >= 11 is 11.9. The Labute approximate surface area is 193 Å². The number of nitro groups is 1. The predicted octanol–water partition coefficient (Wildman–Crippen LogP) is 4.91. The Bertz CT molecular complexity index is 1360. The molecule has 1 aliphatic heterocycles. The maximum Gasteiger partial charge on any atom is 0.271 e. The zero-order valence-electron chi connectivity index (χ0n) is 16.3. The molecule has 3 aromatic carbocycles. The molecule has 0 bridgehead atoms. The number of amides is 1. The first kappa shape index (κ1) is 22.1. The van der Waals surface area contributed by atoms with Crippen molar-refractivity contribution in [2.75, 3.05) is 16.2 Å². The minimum atomic E-state index is -4.06. The number of halogens is 2. The van der Waals surface area contributed by atoms with Crippen LogP contribution in [0.4, 0.5) is 17.1 Å². The SMILES string of the molecule is O=C(c1cccc(NS(=O)(=O)c2cc(Cl)ccc2Cl)c1)N1CCc2ccc([N+](=O)[O-])cc21. The fraction of sp³-hybridized carbons (Fsp3) is 0.0952. The van der Waals surface area contributed by atoms with Gasteiger partial charge in [-0.3, -0.25) is 19.6 Å². The van der Waals surface area contributed by atoms with Crippen LogP contribution in [0.25, 0.3) is 0 Å². The van der Waals surface area contributed by atoms with E-state index in [4.69, 9.17) is 23.2 Å². The molecule has 3 aromatic rings. The van der Waals surface area contributed by atoms with Crippen LogP contribution in [0.1, 0.15) is 15.9 Å². The van der Waals surface area contributed by atoms with E-state index in [0.29, 0.717) is 18.7 Å². The summed E-state index contributed by atoms with van der Waals surface area (Å²) in [6, 6.07) is 14.5. The number of carbonyl (C=O) groups excluding carboxylic acids is 1. The highest BCUT2D eigenvalue weighted by molar-refractivity contribution is 7.92. The number of non-ortho nitro benzene ring substituents is 1. The Morgan fingerprint density at radius 1 is 1.06 bits per heavy atom. The van der Waals surface area contributed by atoms with Gasteiger partial charge in [0.2, 0.25) is 0 Å². The molecule has 1 aliphatic rings. The van der Waals surface area contributed by atoms with Crippen LogP contribution in [0.15, 0.2) is 65.6 Å². The average Bonchev–Trinajstić information content (AvgIpc) is 3.18. The molecule has 0 spiro atoms. The number of sulfonamides is 1. The van der Waals surface area contributed by atoms with Gasteiger partial charge in [-0.25, -0.2) is 8.42 Å². The summed E-state index contributed by atoms with van der Waals surface area (Å²) in [5.41, 5.74) is 1.58. The molecule has 0 fully saturated rings. The van der Waals surface area contributed by atoms with Crippen LogP contribution in [0, 0.1) is 10.1 Å². The number of fused-ring (bicyclic) bond motifs is 1. The van der Waals surface area contributed by atoms with E-state index in [1.807, 2.05) is 0 Å². The van der Waals surface area contributed by atoms with E-state index < -0.39 is 20.9 Å². The van der Waals surface area contributed by atoms with Crippen molar-refractivity contribution in [3.63, 3.8) is 0 Å². The Morgan fingerprint density at radius 3 is 2.59 bits per heavy atom. The fourth-order valence-electron chi connectivity index (χ4n) is 3.46. The second-order valence-corrected chi connectivity index (χ2v) is 9.53. The maximum absolute atomic E-state index is 13.1. The van der Waals surface area contributed by atoms with Crippen molar-refractivity contribution in [1.29, 1.82) is 0 Å². The number of hydrogen-bond acceptors (Lipinski definition) is 5. The second-order valence-electron chi connectivity index (χ2n) is 7.04.